The molecule has 1 aliphatic carbocycles. The molecule has 1 aliphatic heterocycles. The number of fused-ring (bicyclic) bond motifs is 1. The normalized spacial score (nSPS) is 15.3. The molecule has 1 saturated carbocycles. The number of ketones is 1. The van der Waals surface area contributed by atoms with Crippen LogP contribution in [0.4, 0.5) is 14.5 Å². The maximum atomic E-state index is 13.4. The minimum Gasteiger partial charge on any atom is -0.619 e. The minimum absolute atomic E-state index is 0.00428. The molecular formula is C30H27Cl2F2N3O9S. The average Bonchev–Trinajstić information content (AvgIpc) is 3.80. The van der Waals surface area contributed by atoms with E-state index >= 15 is 0 Å². The standard InChI is InChI=1S/C30H27Cl2F2N3O9S/c1-35(2)47(42,43)18-6-7-23-20(10-18)28(39)29(40)37(23)14-27(38)45-25(11-19-21(31)12-36(41)13-22(19)32)17-5-8-24(46-30(33)34)26(9-17)44-15-16-3-4-16/h5-10,12-13,16,25,30H,3-4,11,14-15H2,1-2H3/t25-/m0/s1. The van der Waals surface area contributed by atoms with Crippen LogP contribution in [0.25, 0.3) is 0 Å². The van der Waals surface area contributed by atoms with E-state index in [4.69, 9.17) is 32.7 Å². The van der Waals surface area contributed by atoms with Crippen LogP contribution in [0.2, 0.25) is 10.0 Å². The predicted octanol–water partition coefficient (Wildman–Crippen LogP) is 4.32. The molecule has 17 heteroatoms. The molecule has 1 fully saturated rings. The Bertz CT molecular complexity index is 1830. The number of sulfonamides is 1. The van der Waals surface area contributed by atoms with Gasteiger partial charge in [-0.05, 0) is 54.7 Å². The Morgan fingerprint density at radius 2 is 1.77 bits per heavy atom. The number of hydrogen-bond acceptors (Lipinski definition) is 9. The highest BCUT2D eigenvalue weighted by molar-refractivity contribution is 7.89. The lowest BCUT2D eigenvalue weighted by Crippen LogP contribution is -2.36. The van der Waals surface area contributed by atoms with Crippen LogP contribution in [0.3, 0.4) is 0 Å². The summed E-state index contributed by atoms with van der Waals surface area (Å²) in [6, 6.07) is 7.46. The molecule has 0 spiro atoms. The molecular weight excluding hydrogens is 687 g/mol. The average molecular weight is 715 g/mol. The van der Waals surface area contributed by atoms with E-state index in [1.54, 1.807) is 0 Å². The second-order valence-electron chi connectivity index (χ2n) is 11.0. The molecule has 3 aromatic rings. The number of pyridine rings is 1. The molecule has 1 atom stereocenters. The van der Waals surface area contributed by atoms with E-state index in [1.807, 2.05) is 0 Å². The van der Waals surface area contributed by atoms with Crippen LogP contribution in [0.1, 0.15) is 40.4 Å². The van der Waals surface area contributed by atoms with E-state index in [1.165, 1.54) is 44.4 Å². The van der Waals surface area contributed by atoms with Gasteiger partial charge in [-0.1, -0.05) is 29.3 Å². The molecule has 1 aromatic heterocycles. The first-order valence-corrected chi connectivity index (χ1v) is 16.3. The highest BCUT2D eigenvalue weighted by Crippen LogP contribution is 2.38. The lowest BCUT2D eigenvalue weighted by atomic mass is 10.0. The van der Waals surface area contributed by atoms with E-state index in [0.29, 0.717) is 4.73 Å². The number of carbonyl (C=O) groups is 3. The molecule has 47 heavy (non-hydrogen) atoms. The summed E-state index contributed by atoms with van der Waals surface area (Å²) in [5, 5.41) is 11.7. The number of halogens is 4. The highest BCUT2D eigenvalue weighted by Gasteiger charge is 2.39. The van der Waals surface area contributed by atoms with E-state index in [-0.39, 0.29) is 67.8 Å². The van der Waals surface area contributed by atoms with Crippen molar-refractivity contribution >= 4 is 56.6 Å². The van der Waals surface area contributed by atoms with E-state index < -0.39 is 46.9 Å². The Morgan fingerprint density at radius 1 is 1.09 bits per heavy atom. The molecule has 2 heterocycles. The van der Waals surface area contributed by atoms with Gasteiger partial charge in [0.25, 0.3) is 11.7 Å². The van der Waals surface area contributed by atoms with Crippen molar-refractivity contribution in [3.05, 3.63) is 80.7 Å². The molecule has 2 aromatic carbocycles. The van der Waals surface area contributed by atoms with Crippen molar-refractivity contribution in [2.45, 2.75) is 36.9 Å². The number of esters is 1. The van der Waals surface area contributed by atoms with Crippen LogP contribution < -0.4 is 19.1 Å². The number of anilines is 1. The van der Waals surface area contributed by atoms with Crippen LogP contribution in [0, 0.1) is 11.1 Å². The third-order valence-corrected chi connectivity index (χ3v) is 9.92. The number of rotatable bonds is 13. The SMILES string of the molecule is CN(C)S(=O)(=O)c1ccc2c(c1)C(=O)C(=O)N2CC(=O)O[C@@H](Cc1c(Cl)c[n+]([O-])cc1Cl)c1ccc(OC(F)F)c(OCC2CC2)c1. The van der Waals surface area contributed by atoms with Gasteiger partial charge < -0.3 is 19.4 Å². The Hall–Kier alpha value is -4.05. The third kappa shape index (κ3) is 7.59. The van der Waals surface area contributed by atoms with Crippen molar-refractivity contribution in [2.24, 2.45) is 5.92 Å². The summed E-state index contributed by atoms with van der Waals surface area (Å²) >= 11 is 12.6. The van der Waals surface area contributed by atoms with Gasteiger partial charge >= 0.3 is 12.6 Å². The molecule has 2 aliphatic rings. The zero-order valence-corrected chi connectivity index (χ0v) is 27.2. The number of aromatic nitrogens is 1. The van der Waals surface area contributed by atoms with Crippen LogP contribution in [-0.4, -0.2) is 64.2 Å². The quantitative estimate of drug-likeness (QED) is 0.109. The van der Waals surface area contributed by atoms with Gasteiger partial charge in [0.1, 0.15) is 22.7 Å². The van der Waals surface area contributed by atoms with E-state index in [9.17, 15) is 36.8 Å². The molecule has 5 rings (SSSR count). The lowest BCUT2D eigenvalue weighted by Gasteiger charge is -2.23. The van der Waals surface area contributed by atoms with Crippen molar-refractivity contribution in [3.63, 3.8) is 0 Å². The summed E-state index contributed by atoms with van der Waals surface area (Å²) in [6.45, 7) is -3.64. The molecule has 0 saturated heterocycles. The topological polar surface area (TPSA) is 146 Å². The van der Waals surface area contributed by atoms with Crippen LogP contribution in [0.15, 0.2) is 53.7 Å². The van der Waals surface area contributed by atoms with E-state index in [0.717, 1.165) is 40.5 Å². The number of amides is 1. The van der Waals surface area contributed by atoms with Gasteiger partial charge in [0.2, 0.25) is 10.0 Å². The predicted molar refractivity (Wildman–Crippen MR) is 163 cm³/mol. The van der Waals surface area contributed by atoms with Gasteiger partial charge in [0, 0.05) is 26.1 Å². The zero-order valence-electron chi connectivity index (χ0n) is 24.8. The number of benzene rings is 2. The van der Waals surface area contributed by atoms with Crippen molar-refractivity contribution in [1.82, 2.24) is 4.31 Å². The Labute approximate surface area is 277 Å². The maximum absolute atomic E-state index is 13.4. The molecule has 250 valence electrons. The van der Waals surface area contributed by atoms with Crippen molar-refractivity contribution in [3.8, 4) is 11.5 Å². The van der Waals surface area contributed by atoms with Crippen molar-refractivity contribution < 1.29 is 50.5 Å². The van der Waals surface area contributed by atoms with Crippen LogP contribution in [0.5, 0.6) is 11.5 Å². The number of alkyl halides is 2. The monoisotopic (exact) mass is 713 g/mol. The Kier molecular flexibility index (Phi) is 9.91. The van der Waals surface area contributed by atoms with Crippen molar-refractivity contribution in [1.29, 1.82) is 0 Å². The highest BCUT2D eigenvalue weighted by atomic mass is 35.5. The molecule has 0 bridgehead atoms. The number of nitrogens with zero attached hydrogens (tertiary/aromatic N) is 3. The number of ether oxygens (including phenoxy) is 3. The molecule has 0 radical (unpaired) electrons. The fourth-order valence-corrected chi connectivity index (χ4v) is 6.32. The summed E-state index contributed by atoms with van der Waals surface area (Å²) in [6.07, 6.45) is 2.51. The number of carbonyl (C=O) groups excluding carboxylic acids is 3. The molecule has 0 unspecified atom stereocenters. The fraction of sp³-hybridized carbons (Fsp3) is 0.333. The first-order chi connectivity index (χ1) is 22.1. The number of hydrogen-bond donors (Lipinski definition) is 0. The van der Waals surface area contributed by atoms with Crippen molar-refractivity contribution in [2.75, 3.05) is 32.1 Å². The maximum Gasteiger partial charge on any atom is 0.387 e. The summed E-state index contributed by atoms with van der Waals surface area (Å²) in [5.74, 6) is -3.10. The van der Waals surface area contributed by atoms with Gasteiger partial charge in [-0.25, -0.2) is 12.7 Å². The van der Waals surface area contributed by atoms with Gasteiger partial charge in [-0.15, -0.1) is 0 Å². The second-order valence-corrected chi connectivity index (χ2v) is 14.0. The zero-order chi connectivity index (χ0) is 34.2. The fourth-order valence-electron chi connectivity index (χ4n) is 4.79. The first-order valence-electron chi connectivity index (χ1n) is 14.1. The lowest BCUT2D eigenvalue weighted by molar-refractivity contribution is -0.605. The summed E-state index contributed by atoms with van der Waals surface area (Å²) in [5.41, 5.74) is 0.270. The smallest absolute Gasteiger partial charge is 0.387 e. The van der Waals surface area contributed by atoms with Gasteiger partial charge in [-0.2, -0.15) is 13.5 Å². The summed E-state index contributed by atoms with van der Waals surface area (Å²) < 4.78 is 68.9. The van der Waals surface area contributed by atoms with E-state index in [2.05, 4.69) is 4.74 Å². The second kappa shape index (κ2) is 13.6. The minimum atomic E-state index is -3.93. The largest absolute Gasteiger partial charge is 0.619 e. The Morgan fingerprint density at radius 3 is 2.38 bits per heavy atom. The summed E-state index contributed by atoms with van der Waals surface area (Å²) in [7, 11) is -1.31. The van der Waals surface area contributed by atoms with Crippen LogP contribution in [-0.2, 0) is 30.8 Å². The number of Topliss-reactive ketones (excluding diaryl/α,β-unsaturated/α-hetero) is 1. The van der Waals surface area contributed by atoms with Gasteiger partial charge in [0.05, 0.1) is 22.8 Å². The van der Waals surface area contributed by atoms with Gasteiger partial charge in [-0.3, -0.25) is 19.3 Å². The van der Waals surface area contributed by atoms with Gasteiger partial charge in [0.15, 0.2) is 23.9 Å². The van der Waals surface area contributed by atoms with Crippen LogP contribution >= 0.6 is 23.2 Å². The third-order valence-electron chi connectivity index (χ3n) is 7.46. The molecule has 0 N–H and O–H groups in total. The molecule has 1 amide bonds. The summed E-state index contributed by atoms with van der Waals surface area (Å²) in [4.78, 5) is 39.7. The molecule has 12 nitrogen and oxygen atoms in total. The first kappa shape index (κ1) is 34.3. The Balaban J connectivity index is 1.45.